The Labute approximate surface area is 217 Å². The number of pyridine rings is 2. The average molecular weight is 505 g/mol. The van der Waals surface area contributed by atoms with Gasteiger partial charge in [0, 0.05) is 47.5 Å². The van der Waals surface area contributed by atoms with Gasteiger partial charge in [-0.15, -0.1) is 11.3 Å². The first kappa shape index (κ1) is 22.8. The fourth-order valence-corrected chi connectivity index (χ4v) is 5.42. The van der Waals surface area contributed by atoms with Gasteiger partial charge in [0.05, 0.1) is 26.6 Å². The number of fused-ring (bicyclic) bond motifs is 2. The average Bonchev–Trinajstić information content (AvgIpc) is 3.30. The summed E-state index contributed by atoms with van der Waals surface area (Å²) in [6.45, 7) is 4.12. The van der Waals surface area contributed by atoms with Gasteiger partial charge in [-0.05, 0) is 55.8 Å². The minimum Gasteiger partial charge on any atom is -0.383 e. The second kappa shape index (κ2) is 9.11. The Morgan fingerprint density at radius 3 is 2.65 bits per heavy atom. The Kier molecular flexibility index (Phi) is 5.61. The Hall–Kier alpha value is -4.63. The van der Waals surface area contributed by atoms with Crippen LogP contribution in [0.4, 0.5) is 28.8 Å². The van der Waals surface area contributed by atoms with Crippen LogP contribution in [0.15, 0.2) is 73.3 Å². The van der Waals surface area contributed by atoms with Crippen molar-refractivity contribution in [1.82, 2.24) is 24.9 Å². The van der Waals surface area contributed by atoms with Gasteiger partial charge in [0.1, 0.15) is 23.8 Å². The van der Waals surface area contributed by atoms with E-state index in [2.05, 4.69) is 56.4 Å². The number of aryl methyl sites for hydroxylation is 2. The lowest BCUT2D eigenvalue weighted by molar-refractivity contribution is 1.14. The molecule has 0 aliphatic carbocycles. The van der Waals surface area contributed by atoms with Gasteiger partial charge in [0.15, 0.2) is 0 Å². The lowest BCUT2D eigenvalue weighted by Gasteiger charge is -2.29. The smallest absolute Gasteiger partial charge is 0.147 e. The summed E-state index contributed by atoms with van der Waals surface area (Å²) in [5.74, 6) is 1.95. The number of benzene rings is 2. The molecule has 9 heteroatoms. The lowest BCUT2D eigenvalue weighted by Crippen LogP contribution is -2.15. The van der Waals surface area contributed by atoms with Gasteiger partial charge in [0.25, 0.3) is 0 Å². The molecule has 0 atom stereocenters. The van der Waals surface area contributed by atoms with Gasteiger partial charge in [-0.2, -0.15) is 0 Å². The third-order valence-corrected chi connectivity index (χ3v) is 7.26. The van der Waals surface area contributed by atoms with Gasteiger partial charge in [-0.3, -0.25) is 4.90 Å². The van der Waals surface area contributed by atoms with Crippen LogP contribution in [0, 0.1) is 13.8 Å². The summed E-state index contributed by atoms with van der Waals surface area (Å²) >= 11 is 1.68. The number of nitrogens with two attached hydrogens (primary N) is 1. The maximum atomic E-state index is 6.30. The molecule has 0 unspecified atom stereocenters. The van der Waals surface area contributed by atoms with Gasteiger partial charge in [-0.25, -0.2) is 24.9 Å². The highest BCUT2D eigenvalue weighted by atomic mass is 32.1. The van der Waals surface area contributed by atoms with Crippen molar-refractivity contribution in [2.75, 3.05) is 23.0 Å². The van der Waals surface area contributed by atoms with Crippen LogP contribution >= 0.6 is 11.3 Å². The van der Waals surface area contributed by atoms with Crippen molar-refractivity contribution in [3.8, 4) is 11.3 Å². The van der Waals surface area contributed by atoms with Gasteiger partial charge in [-0.1, -0.05) is 12.1 Å². The minimum absolute atomic E-state index is 0.486. The van der Waals surface area contributed by atoms with E-state index in [0.717, 1.165) is 65.8 Å². The molecule has 0 spiro atoms. The highest BCUT2D eigenvalue weighted by Gasteiger charge is 2.23. The summed E-state index contributed by atoms with van der Waals surface area (Å²) < 4.78 is 1.14. The van der Waals surface area contributed by atoms with Gasteiger partial charge >= 0.3 is 0 Å². The lowest BCUT2D eigenvalue weighted by atomic mass is 10.0. The molecule has 6 rings (SSSR count). The number of nitrogens with zero attached hydrogens (tertiary/aromatic N) is 6. The maximum Gasteiger partial charge on any atom is 0.147 e. The van der Waals surface area contributed by atoms with E-state index in [1.807, 2.05) is 44.3 Å². The molecule has 8 nitrogen and oxygen atoms in total. The first-order valence-corrected chi connectivity index (χ1v) is 12.6. The molecule has 3 N–H and O–H groups in total. The molecule has 2 aromatic carbocycles. The molecule has 0 aliphatic heterocycles. The number of anilines is 5. The molecule has 0 radical (unpaired) electrons. The molecule has 182 valence electrons. The van der Waals surface area contributed by atoms with Crippen LogP contribution in [0.3, 0.4) is 0 Å². The van der Waals surface area contributed by atoms with E-state index in [1.54, 1.807) is 30.1 Å². The highest BCUT2D eigenvalue weighted by molar-refractivity contribution is 7.18. The van der Waals surface area contributed by atoms with Crippen LogP contribution in [-0.2, 0) is 0 Å². The van der Waals surface area contributed by atoms with Crippen LogP contribution in [0.2, 0.25) is 0 Å². The van der Waals surface area contributed by atoms with E-state index in [1.165, 1.54) is 0 Å². The van der Waals surface area contributed by atoms with Crippen molar-refractivity contribution in [3.05, 3.63) is 83.9 Å². The molecule has 0 aliphatic rings. The Balaban J connectivity index is 1.68. The monoisotopic (exact) mass is 504 g/mol. The fourth-order valence-electron chi connectivity index (χ4n) is 4.61. The normalized spacial score (nSPS) is 11.2. The molecule has 37 heavy (non-hydrogen) atoms. The molecule has 0 saturated carbocycles. The van der Waals surface area contributed by atoms with Crippen molar-refractivity contribution in [1.29, 1.82) is 0 Å². The van der Waals surface area contributed by atoms with Crippen molar-refractivity contribution < 1.29 is 0 Å². The standard InChI is InChI=1S/C28H24N8S/c1-16-6-8-20-19(10-12-31-27(20)29)26(16)36(18-7-9-24-23(13-18)35-17(2)37-24)28-21(5-4-11-32-28)22-14-25(30-3)34-15-33-22/h4-15H,1-3H3,(H2,29,31)(H,30,33,34). The SMILES string of the molecule is CNc1cc(-c2cccnc2N(c2ccc3sc(C)nc3c2)c2c(C)ccc3c(N)nccc23)ncn1. The number of thiazole rings is 1. The van der Waals surface area contributed by atoms with E-state index >= 15 is 0 Å². The zero-order valence-corrected chi connectivity index (χ0v) is 21.4. The number of aromatic nitrogens is 5. The van der Waals surface area contributed by atoms with E-state index in [9.17, 15) is 0 Å². The minimum atomic E-state index is 0.486. The van der Waals surface area contributed by atoms with Crippen LogP contribution in [0.1, 0.15) is 10.6 Å². The molecule has 4 heterocycles. The summed E-state index contributed by atoms with van der Waals surface area (Å²) in [5.41, 5.74) is 11.9. The maximum absolute atomic E-state index is 6.30. The first-order chi connectivity index (χ1) is 18.0. The summed E-state index contributed by atoms with van der Waals surface area (Å²) in [6.07, 6.45) is 5.10. The third-order valence-electron chi connectivity index (χ3n) is 6.31. The molecular formula is C28H24N8S. The number of hydrogen-bond donors (Lipinski definition) is 2. The molecular weight excluding hydrogens is 480 g/mol. The van der Waals surface area contributed by atoms with Crippen molar-refractivity contribution >= 4 is 61.2 Å². The predicted molar refractivity (Wildman–Crippen MR) is 152 cm³/mol. The summed E-state index contributed by atoms with van der Waals surface area (Å²) in [4.78, 5) is 25.0. The van der Waals surface area contributed by atoms with E-state index in [4.69, 9.17) is 15.7 Å². The Bertz CT molecular complexity index is 1780. The summed E-state index contributed by atoms with van der Waals surface area (Å²) in [5, 5.41) is 5.99. The van der Waals surface area contributed by atoms with E-state index in [-0.39, 0.29) is 0 Å². The van der Waals surface area contributed by atoms with Crippen molar-refractivity contribution in [2.45, 2.75) is 13.8 Å². The molecule has 0 saturated heterocycles. The van der Waals surface area contributed by atoms with Crippen LogP contribution in [-0.4, -0.2) is 32.0 Å². The molecule has 0 fully saturated rings. The van der Waals surface area contributed by atoms with E-state index < -0.39 is 0 Å². The zero-order valence-electron chi connectivity index (χ0n) is 20.6. The Morgan fingerprint density at radius 2 is 1.78 bits per heavy atom. The van der Waals surface area contributed by atoms with Crippen LogP contribution in [0.5, 0.6) is 0 Å². The summed E-state index contributed by atoms with van der Waals surface area (Å²) in [6, 6.07) is 18.3. The van der Waals surface area contributed by atoms with E-state index in [0.29, 0.717) is 5.82 Å². The first-order valence-electron chi connectivity index (χ1n) is 11.8. The number of rotatable bonds is 5. The third kappa shape index (κ3) is 3.99. The zero-order chi connectivity index (χ0) is 25.5. The number of nitrogen functional groups attached to an aromatic ring is 1. The molecule has 6 aromatic rings. The molecule has 4 aromatic heterocycles. The van der Waals surface area contributed by atoms with Crippen molar-refractivity contribution in [2.24, 2.45) is 0 Å². The fraction of sp³-hybridized carbons (Fsp3) is 0.107. The van der Waals surface area contributed by atoms with Gasteiger partial charge < -0.3 is 11.1 Å². The number of hydrogen-bond acceptors (Lipinski definition) is 9. The second-order valence-electron chi connectivity index (χ2n) is 8.66. The van der Waals surface area contributed by atoms with Crippen LogP contribution in [0.25, 0.3) is 32.2 Å². The number of nitrogens with one attached hydrogen (secondary N) is 1. The molecule has 0 bridgehead atoms. The molecule has 0 amide bonds. The topological polar surface area (TPSA) is 106 Å². The Morgan fingerprint density at radius 1 is 0.892 bits per heavy atom. The largest absolute Gasteiger partial charge is 0.383 e. The van der Waals surface area contributed by atoms with Crippen LogP contribution < -0.4 is 16.0 Å². The quantitative estimate of drug-likeness (QED) is 0.278. The second-order valence-corrected chi connectivity index (χ2v) is 9.89. The highest BCUT2D eigenvalue weighted by Crippen LogP contribution is 2.44. The summed E-state index contributed by atoms with van der Waals surface area (Å²) in [7, 11) is 1.84. The van der Waals surface area contributed by atoms with Gasteiger partial charge in [0.2, 0.25) is 0 Å². The van der Waals surface area contributed by atoms with Crippen molar-refractivity contribution in [3.63, 3.8) is 0 Å². The predicted octanol–water partition coefficient (Wildman–Crippen LogP) is 6.41.